The highest BCUT2D eigenvalue weighted by Crippen LogP contribution is 2.22. The van der Waals surface area contributed by atoms with Crippen LogP contribution >= 0.6 is 15.9 Å². The number of hydrogen-bond donors (Lipinski definition) is 1. The van der Waals surface area contributed by atoms with Crippen LogP contribution in [0.3, 0.4) is 0 Å². The Hall–Kier alpha value is -1.31. The minimum Gasteiger partial charge on any atom is -0.383 e. The molecule has 0 amide bonds. The van der Waals surface area contributed by atoms with E-state index in [2.05, 4.69) is 26.2 Å². The van der Waals surface area contributed by atoms with Crippen molar-refractivity contribution in [3.63, 3.8) is 0 Å². The van der Waals surface area contributed by atoms with Gasteiger partial charge in [0.05, 0.1) is 29.6 Å². The van der Waals surface area contributed by atoms with Gasteiger partial charge in [-0.25, -0.2) is 13.8 Å². The fourth-order valence-corrected chi connectivity index (χ4v) is 2.24. The Bertz CT molecular complexity index is 604. The SMILES string of the molecule is COCCNCc1cn(Cc2c(F)ccc(Br)c2F)cn1. The molecule has 1 aromatic heterocycles. The molecule has 7 heteroatoms. The van der Waals surface area contributed by atoms with E-state index in [1.807, 2.05) is 0 Å². The molecule has 0 atom stereocenters. The lowest BCUT2D eigenvalue weighted by atomic mass is 10.2. The van der Waals surface area contributed by atoms with Gasteiger partial charge in [-0.15, -0.1) is 0 Å². The van der Waals surface area contributed by atoms with Crippen LogP contribution in [-0.4, -0.2) is 29.8 Å². The van der Waals surface area contributed by atoms with Crippen molar-refractivity contribution >= 4 is 15.9 Å². The zero-order chi connectivity index (χ0) is 15.2. The molecule has 114 valence electrons. The first-order valence-corrected chi connectivity index (χ1v) is 7.23. The number of imidazole rings is 1. The summed E-state index contributed by atoms with van der Waals surface area (Å²) < 4.78 is 34.4. The summed E-state index contributed by atoms with van der Waals surface area (Å²) in [6.07, 6.45) is 3.33. The summed E-state index contributed by atoms with van der Waals surface area (Å²) in [7, 11) is 1.64. The van der Waals surface area contributed by atoms with Crippen LogP contribution in [0.4, 0.5) is 8.78 Å². The number of ether oxygens (including phenoxy) is 1. The van der Waals surface area contributed by atoms with Gasteiger partial charge in [0.1, 0.15) is 11.6 Å². The van der Waals surface area contributed by atoms with Crippen LogP contribution in [-0.2, 0) is 17.8 Å². The van der Waals surface area contributed by atoms with Crippen molar-refractivity contribution < 1.29 is 13.5 Å². The topological polar surface area (TPSA) is 39.1 Å². The molecular formula is C14H16BrF2N3O. The standard InChI is InChI=1S/C14H16BrF2N3O/c1-21-5-4-18-6-10-7-20(9-19-10)8-11-13(16)3-2-12(15)14(11)17/h2-3,7,9,18H,4-6,8H2,1H3. The Morgan fingerprint density at radius 3 is 2.95 bits per heavy atom. The molecule has 1 N–H and O–H groups in total. The average Bonchev–Trinajstić information content (AvgIpc) is 2.92. The smallest absolute Gasteiger partial charge is 0.145 e. The van der Waals surface area contributed by atoms with E-state index in [-0.39, 0.29) is 16.6 Å². The Labute approximate surface area is 130 Å². The maximum Gasteiger partial charge on any atom is 0.145 e. The van der Waals surface area contributed by atoms with Crippen molar-refractivity contribution in [2.75, 3.05) is 20.3 Å². The minimum absolute atomic E-state index is 0.0145. The summed E-state index contributed by atoms with van der Waals surface area (Å²) in [4.78, 5) is 4.19. The first kappa shape index (κ1) is 16.1. The maximum atomic E-state index is 13.9. The largest absolute Gasteiger partial charge is 0.383 e. The van der Waals surface area contributed by atoms with Crippen molar-refractivity contribution in [3.05, 3.63) is 52.0 Å². The maximum absolute atomic E-state index is 13.9. The predicted molar refractivity (Wildman–Crippen MR) is 79.0 cm³/mol. The lowest BCUT2D eigenvalue weighted by Gasteiger charge is -2.07. The molecule has 0 saturated heterocycles. The predicted octanol–water partition coefficient (Wildman–Crippen LogP) is 2.71. The van der Waals surface area contributed by atoms with Crippen LogP contribution < -0.4 is 5.32 Å². The number of benzene rings is 1. The highest BCUT2D eigenvalue weighted by Gasteiger charge is 2.13. The summed E-state index contributed by atoms with van der Waals surface area (Å²) >= 11 is 3.06. The number of methoxy groups -OCH3 is 1. The minimum atomic E-state index is -0.580. The van der Waals surface area contributed by atoms with E-state index >= 15 is 0 Å². The molecule has 0 spiro atoms. The zero-order valence-electron chi connectivity index (χ0n) is 11.6. The second-order valence-corrected chi connectivity index (χ2v) is 5.38. The third-order valence-corrected chi connectivity index (χ3v) is 3.57. The van der Waals surface area contributed by atoms with E-state index < -0.39 is 11.6 Å². The summed E-state index contributed by atoms with van der Waals surface area (Å²) in [5.41, 5.74) is 0.822. The fourth-order valence-electron chi connectivity index (χ4n) is 1.87. The van der Waals surface area contributed by atoms with Gasteiger partial charge in [0.2, 0.25) is 0 Å². The molecule has 0 unspecified atom stereocenters. The third kappa shape index (κ3) is 4.33. The lowest BCUT2D eigenvalue weighted by molar-refractivity contribution is 0.199. The number of hydrogen-bond acceptors (Lipinski definition) is 3. The van der Waals surface area contributed by atoms with Gasteiger partial charge in [-0.3, -0.25) is 0 Å². The molecule has 0 saturated carbocycles. The van der Waals surface area contributed by atoms with Crippen LogP contribution in [0.5, 0.6) is 0 Å². The van der Waals surface area contributed by atoms with Crippen molar-refractivity contribution in [3.8, 4) is 0 Å². The van der Waals surface area contributed by atoms with E-state index in [1.54, 1.807) is 24.2 Å². The molecule has 0 aliphatic rings. The van der Waals surface area contributed by atoms with E-state index in [4.69, 9.17) is 4.74 Å². The Kier molecular flexibility index (Phi) is 5.84. The van der Waals surface area contributed by atoms with Gasteiger partial charge in [0.25, 0.3) is 0 Å². The molecular weight excluding hydrogens is 344 g/mol. The first-order valence-electron chi connectivity index (χ1n) is 6.44. The van der Waals surface area contributed by atoms with Gasteiger partial charge in [-0.05, 0) is 28.1 Å². The van der Waals surface area contributed by atoms with Crippen molar-refractivity contribution in [1.29, 1.82) is 0 Å². The Balaban J connectivity index is 2.01. The zero-order valence-corrected chi connectivity index (χ0v) is 13.2. The molecule has 0 aliphatic carbocycles. The van der Waals surface area contributed by atoms with Crippen molar-refractivity contribution in [2.45, 2.75) is 13.1 Å². The lowest BCUT2D eigenvalue weighted by Crippen LogP contribution is -2.18. The van der Waals surface area contributed by atoms with E-state index in [0.717, 1.165) is 12.2 Å². The molecule has 1 heterocycles. The van der Waals surface area contributed by atoms with Gasteiger partial charge in [0, 0.05) is 32.0 Å². The first-order chi connectivity index (χ1) is 10.1. The van der Waals surface area contributed by atoms with Gasteiger partial charge in [-0.2, -0.15) is 0 Å². The number of nitrogens with zero attached hydrogens (tertiary/aromatic N) is 2. The molecule has 0 fully saturated rings. The summed E-state index contributed by atoms with van der Waals surface area (Å²) in [5, 5.41) is 3.16. The molecule has 0 aliphatic heterocycles. The van der Waals surface area contributed by atoms with E-state index in [9.17, 15) is 8.78 Å². The molecule has 21 heavy (non-hydrogen) atoms. The third-order valence-electron chi connectivity index (χ3n) is 2.96. The van der Waals surface area contributed by atoms with Crippen LogP contribution in [0.25, 0.3) is 0 Å². The second kappa shape index (κ2) is 7.63. The van der Waals surface area contributed by atoms with Crippen LogP contribution in [0.2, 0.25) is 0 Å². The number of halogens is 3. The summed E-state index contributed by atoms with van der Waals surface area (Å²) in [6.45, 7) is 2.02. The van der Waals surface area contributed by atoms with Crippen LogP contribution in [0.15, 0.2) is 29.1 Å². The van der Waals surface area contributed by atoms with Gasteiger partial charge < -0.3 is 14.6 Å². The molecule has 2 aromatic rings. The molecule has 2 rings (SSSR count). The van der Waals surface area contributed by atoms with Crippen molar-refractivity contribution in [2.24, 2.45) is 0 Å². The molecule has 0 bridgehead atoms. The summed E-state index contributed by atoms with van der Waals surface area (Å²) in [6, 6.07) is 2.60. The quantitative estimate of drug-likeness (QED) is 0.610. The monoisotopic (exact) mass is 359 g/mol. The molecule has 1 aromatic carbocycles. The van der Waals surface area contributed by atoms with Crippen molar-refractivity contribution in [1.82, 2.24) is 14.9 Å². The highest BCUT2D eigenvalue weighted by molar-refractivity contribution is 9.10. The normalized spacial score (nSPS) is 11.0. The number of aromatic nitrogens is 2. The Morgan fingerprint density at radius 1 is 1.38 bits per heavy atom. The summed E-state index contributed by atoms with van der Waals surface area (Å²) in [5.74, 6) is -1.15. The van der Waals surface area contributed by atoms with Gasteiger partial charge in [-0.1, -0.05) is 0 Å². The second-order valence-electron chi connectivity index (χ2n) is 4.53. The Morgan fingerprint density at radius 2 is 2.19 bits per heavy atom. The van der Waals surface area contributed by atoms with Crippen LogP contribution in [0, 0.1) is 11.6 Å². The van der Waals surface area contributed by atoms with Crippen LogP contribution in [0.1, 0.15) is 11.3 Å². The van der Waals surface area contributed by atoms with E-state index in [1.165, 1.54) is 12.1 Å². The highest BCUT2D eigenvalue weighted by atomic mass is 79.9. The van der Waals surface area contributed by atoms with Gasteiger partial charge >= 0.3 is 0 Å². The average molecular weight is 360 g/mol. The molecule has 4 nitrogen and oxygen atoms in total. The number of rotatable bonds is 7. The van der Waals surface area contributed by atoms with E-state index in [0.29, 0.717) is 13.2 Å². The number of nitrogens with one attached hydrogen (secondary N) is 1. The fraction of sp³-hybridized carbons (Fsp3) is 0.357. The van der Waals surface area contributed by atoms with Gasteiger partial charge in [0.15, 0.2) is 0 Å². The molecule has 0 radical (unpaired) electrons.